The molecule has 8 heteroatoms. The quantitative estimate of drug-likeness (QED) is 0.762. The van der Waals surface area contributed by atoms with Gasteiger partial charge in [-0.05, 0) is 26.0 Å². The van der Waals surface area contributed by atoms with E-state index in [0.29, 0.717) is 29.3 Å². The fraction of sp³-hybridized carbons (Fsp3) is 0.250. The molecular weight excluding hydrogens is 326 g/mol. The van der Waals surface area contributed by atoms with E-state index in [-0.39, 0.29) is 11.6 Å². The fourth-order valence-corrected chi connectivity index (χ4v) is 3.42. The Balaban J connectivity index is 2.12. The maximum atomic E-state index is 12.8. The number of rotatable bonds is 4. The molecule has 0 aliphatic rings. The topological polar surface area (TPSA) is 88.9 Å². The summed E-state index contributed by atoms with van der Waals surface area (Å²) in [6.07, 6.45) is 3.32. The average Bonchev–Trinajstić information content (AvgIpc) is 2.97. The minimum Gasteiger partial charge on any atom is -0.338 e. The Hall–Kier alpha value is -2.74. The number of fused-ring (bicyclic) bond motifs is 1. The summed E-state index contributed by atoms with van der Waals surface area (Å²) >= 11 is 1.29. The van der Waals surface area contributed by atoms with Crippen molar-refractivity contribution >= 4 is 32.8 Å². The van der Waals surface area contributed by atoms with Crippen LogP contribution in [0.2, 0.25) is 0 Å². The third-order valence-corrected chi connectivity index (χ3v) is 4.49. The normalized spacial score (nSPS) is 10.8. The Labute approximate surface area is 142 Å². The van der Waals surface area contributed by atoms with Crippen molar-refractivity contribution in [2.45, 2.75) is 20.4 Å². The molecule has 0 bridgehead atoms. The second kappa shape index (κ2) is 6.79. The van der Waals surface area contributed by atoms with E-state index < -0.39 is 0 Å². The van der Waals surface area contributed by atoms with E-state index in [1.165, 1.54) is 11.3 Å². The molecule has 0 atom stereocenters. The third kappa shape index (κ3) is 3.00. The predicted molar refractivity (Wildman–Crippen MR) is 95.5 cm³/mol. The average molecular weight is 343 g/mol. The van der Waals surface area contributed by atoms with Gasteiger partial charge in [0.1, 0.15) is 10.3 Å². The minimum atomic E-state index is -0.311. The highest BCUT2D eigenvalue weighted by atomic mass is 32.1. The molecule has 0 aliphatic heterocycles. The lowest BCUT2D eigenvalue weighted by Crippen LogP contribution is -2.28. The van der Waals surface area contributed by atoms with Crippen molar-refractivity contribution in [3.8, 4) is 11.1 Å². The molecule has 3 aromatic heterocycles. The molecule has 24 heavy (non-hydrogen) atoms. The lowest BCUT2D eigenvalue weighted by Gasteiger charge is -2.07. The van der Waals surface area contributed by atoms with Crippen molar-refractivity contribution in [3.63, 3.8) is 0 Å². The maximum absolute atomic E-state index is 12.8. The first kappa shape index (κ1) is 16.1. The Bertz CT molecular complexity index is 933. The van der Waals surface area contributed by atoms with Gasteiger partial charge < -0.3 is 5.32 Å². The Morgan fingerprint density at radius 3 is 2.88 bits per heavy atom. The van der Waals surface area contributed by atoms with E-state index in [0.717, 1.165) is 10.4 Å². The summed E-state index contributed by atoms with van der Waals surface area (Å²) in [5, 5.41) is 5.81. The molecule has 0 spiro atoms. The van der Waals surface area contributed by atoms with Crippen LogP contribution in [0.15, 0.2) is 35.4 Å². The van der Waals surface area contributed by atoms with Gasteiger partial charge in [0.2, 0.25) is 0 Å². The van der Waals surface area contributed by atoms with Gasteiger partial charge >= 0.3 is 6.03 Å². The summed E-state index contributed by atoms with van der Waals surface area (Å²) in [5.74, 6) is 0. The van der Waals surface area contributed by atoms with Crippen LogP contribution in [0, 0.1) is 0 Å². The van der Waals surface area contributed by atoms with Crippen LogP contribution < -0.4 is 16.2 Å². The molecule has 0 radical (unpaired) electrons. The maximum Gasteiger partial charge on any atom is 0.321 e. The Morgan fingerprint density at radius 2 is 2.21 bits per heavy atom. The number of amides is 2. The van der Waals surface area contributed by atoms with Gasteiger partial charge in [0, 0.05) is 31.0 Å². The van der Waals surface area contributed by atoms with Gasteiger partial charge in [-0.2, -0.15) is 0 Å². The van der Waals surface area contributed by atoms with E-state index in [2.05, 4.69) is 20.6 Å². The molecule has 0 unspecified atom stereocenters. The zero-order valence-corrected chi connectivity index (χ0v) is 14.2. The van der Waals surface area contributed by atoms with Crippen molar-refractivity contribution in [2.24, 2.45) is 0 Å². The van der Waals surface area contributed by atoms with Crippen LogP contribution in [0.1, 0.15) is 13.8 Å². The first-order chi connectivity index (χ1) is 11.6. The zero-order valence-electron chi connectivity index (χ0n) is 13.4. The van der Waals surface area contributed by atoms with Crippen molar-refractivity contribution in [1.82, 2.24) is 19.9 Å². The molecule has 0 aliphatic carbocycles. The Kier molecular flexibility index (Phi) is 4.57. The molecule has 2 amide bonds. The number of pyridine rings is 2. The summed E-state index contributed by atoms with van der Waals surface area (Å²) in [7, 11) is 0. The number of urea groups is 1. The summed E-state index contributed by atoms with van der Waals surface area (Å²) < 4.78 is 1.66. The van der Waals surface area contributed by atoms with Gasteiger partial charge in [-0.3, -0.25) is 19.7 Å². The fourth-order valence-electron chi connectivity index (χ4n) is 2.42. The molecule has 3 rings (SSSR count). The Morgan fingerprint density at radius 1 is 1.38 bits per heavy atom. The molecule has 3 heterocycles. The molecule has 7 nitrogen and oxygen atoms in total. The molecule has 124 valence electrons. The van der Waals surface area contributed by atoms with E-state index in [4.69, 9.17) is 0 Å². The molecular formula is C16H17N5O2S. The monoisotopic (exact) mass is 343 g/mol. The number of aromatic nitrogens is 3. The number of hydrogen-bond acceptors (Lipinski definition) is 5. The van der Waals surface area contributed by atoms with Crippen molar-refractivity contribution in [1.29, 1.82) is 0 Å². The van der Waals surface area contributed by atoms with Gasteiger partial charge in [-0.25, -0.2) is 9.78 Å². The molecule has 0 saturated carbocycles. The van der Waals surface area contributed by atoms with E-state index in [9.17, 15) is 9.59 Å². The summed E-state index contributed by atoms with van der Waals surface area (Å²) in [4.78, 5) is 33.7. The summed E-state index contributed by atoms with van der Waals surface area (Å²) in [6, 6.07) is 5.07. The predicted octanol–water partition coefficient (Wildman–Crippen LogP) is 2.68. The number of thiazole rings is 1. The number of carbonyl (C=O) groups excluding carboxylic acids is 1. The summed E-state index contributed by atoms with van der Waals surface area (Å²) in [5.41, 5.74) is 1.88. The third-order valence-electron chi connectivity index (χ3n) is 3.48. The number of anilines is 1. The smallest absolute Gasteiger partial charge is 0.321 e. The zero-order chi connectivity index (χ0) is 17.1. The minimum absolute atomic E-state index is 0.0915. The lowest BCUT2D eigenvalue weighted by molar-refractivity contribution is 0.252. The van der Waals surface area contributed by atoms with Crippen LogP contribution in [0.4, 0.5) is 9.93 Å². The van der Waals surface area contributed by atoms with Crippen molar-refractivity contribution < 1.29 is 4.79 Å². The van der Waals surface area contributed by atoms with Gasteiger partial charge in [0.25, 0.3) is 5.56 Å². The van der Waals surface area contributed by atoms with Gasteiger partial charge in [-0.1, -0.05) is 17.4 Å². The first-order valence-electron chi connectivity index (χ1n) is 7.63. The van der Waals surface area contributed by atoms with Crippen molar-refractivity contribution in [2.75, 3.05) is 11.9 Å². The highest BCUT2D eigenvalue weighted by Crippen LogP contribution is 2.27. The van der Waals surface area contributed by atoms with Crippen LogP contribution in [0.25, 0.3) is 21.5 Å². The molecule has 0 aromatic carbocycles. The highest BCUT2D eigenvalue weighted by molar-refractivity contribution is 7.22. The number of aryl methyl sites for hydroxylation is 1. The lowest BCUT2D eigenvalue weighted by atomic mass is 10.1. The second-order valence-electron chi connectivity index (χ2n) is 5.04. The van der Waals surface area contributed by atoms with Crippen LogP contribution in [0.5, 0.6) is 0 Å². The standard InChI is InChI=1S/C16H17N5O2S/c1-3-18-15(23)20-16-19-12-8-11(10-6-5-7-17-9-10)13(22)21(4-2)14(12)24-16/h5-9H,3-4H2,1-2H3,(H2,18,19,20,23). The second-order valence-corrected chi connectivity index (χ2v) is 6.02. The van der Waals surface area contributed by atoms with E-state index >= 15 is 0 Å². The van der Waals surface area contributed by atoms with Crippen LogP contribution >= 0.6 is 11.3 Å². The number of hydrogen-bond donors (Lipinski definition) is 2. The molecule has 0 fully saturated rings. The largest absolute Gasteiger partial charge is 0.338 e. The van der Waals surface area contributed by atoms with Gasteiger partial charge in [0.05, 0.1) is 5.56 Å². The molecule has 0 saturated heterocycles. The first-order valence-corrected chi connectivity index (χ1v) is 8.45. The molecule has 2 N–H and O–H groups in total. The molecule has 3 aromatic rings. The highest BCUT2D eigenvalue weighted by Gasteiger charge is 2.15. The van der Waals surface area contributed by atoms with Gasteiger partial charge in [-0.15, -0.1) is 0 Å². The van der Waals surface area contributed by atoms with Gasteiger partial charge in [0.15, 0.2) is 5.13 Å². The van der Waals surface area contributed by atoms with E-state index in [1.807, 2.05) is 19.9 Å². The number of carbonyl (C=O) groups is 1. The summed E-state index contributed by atoms with van der Waals surface area (Å²) in [6.45, 7) is 4.80. The van der Waals surface area contributed by atoms with Crippen LogP contribution in [-0.4, -0.2) is 27.1 Å². The number of nitrogens with one attached hydrogen (secondary N) is 2. The number of nitrogens with zero attached hydrogens (tertiary/aromatic N) is 3. The van der Waals surface area contributed by atoms with Crippen molar-refractivity contribution in [3.05, 3.63) is 40.9 Å². The van der Waals surface area contributed by atoms with Crippen LogP contribution in [-0.2, 0) is 6.54 Å². The SMILES string of the molecule is CCNC(=O)Nc1nc2cc(-c3cccnc3)c(=O)n(CC)c2s1. The van der Waals surface area contributed by atoms with E-state index in [1.54, 1.807) is 29.1 Å². The van der Waals surface area contributed by atoms with Crippen LogP contribution in [0.3, 0.4) is 0 Å².